The van der Waals surface area contributed by atoms with Crippen molar-refractivity contribution >= 4 is 50.2 Å². The molecule has 0 atom stereocenters. The largest absolute Gasteiger partial charge is 0.506 e. The third-order valence-corrected chi connectivity index (χ3v) is 10.8. The number of hydrogen-bond donors (Lipinski definition) is 1. The van der Waals surface area contributed by atoms with Crippen molar-refractivity contribution in [1.29, 1.82) is 0 Å². The Morgan fingerprint density at radius 3 is 2.04 bits per heavy atom. The first-order valence-corrected chi connectivity index (χ1v) is 17.8. The van der Waals surface area contributed by atoms with Crippen molar-refractivity contribution in [2.45, 2.75) is 51.4 Å². The standard InChI is InChI=1S/C43H44N2O7/c1-42(2)33-19-17-27-13-7-9-15-29(27)37(33)44(21-11-23-51-49-5)35(42)25-31-39(46)32(41(48)40(31)47)26-36-43(3,4)34-20-18-28-14-8-10-16-30(28)38(34)45(36)22-12-24-52-50-6/h7-10,13-20,25-26H,11-12,21-24H2,1-6H3/p+1. The second-order valence-corrected chi connectivity index (χ2v) is 14.5. The number of hydrogen-bond acceptors (Lipinski definition) is 8. The number of aliphatic hydroxyl groups is 1. The lowest BCUT2D eigenvalue weighted by molar-refractivity contribution is -0.439. The fourth-order valence-electron chi connectivity index (χ4n) is 8.15. The molecular weight excluding hydrogens is 656 g/mol. The summed E-state index contributed by atoms with van der Waals surface area (Å²) >= 11 is 0. The molecule has 2 aliphatic heterocycles. The van der Waals surface area contributed by atoms with Gasteiger partial charge in [-0.3, -0.25) is 9.59 Å². The molecule has 1 aliphatic carbocycles. The summed E-state index contributed by atoms with van der Waals surface area (Å²) in [5, 5.41) is 16.3. The first-order valence-electron chi connectivity index (χ1n) is 17.8. The zero-order chi connectivity index (χ0) is 36.8. The quantitative estimate of drug-likeness (QED) is 0.0398. The van der Waals surface area contributed by atoms with Crippen LogP contribution in [0.1, 0.15) is 51.7 Å². The summed E-state index contributed by atoms with van der Waals surface area (Å²) in [4.78, 5) is 50.1. The summed E-state index contributed by atoms with van der Waals surface area (Å²) < 4.78 is 2.19. The molecule has 0 aromatic heterocycles. The number of rotatable bonds is 12. The van der Waals surface area contributed by atoms with Crippen LogP contribution < -0.4 is 4.90 Å². The third-order valence-electron chi connectivity index (χ3n) is 10.8. The molecule has 0 saturated heterocycles. The number of anilines is 1. The maximum absolute atomic E-state index is 13.9. The Morgan fingerprint density at radius 2 is 1.35 bits per heavy atom. The van der Waals surface area contributed by atoms with Crippen molar-refractivity contribution in [2.24, 2.45) is 0 Å². The van der Waals surface area contributed by atoms with Crippen LogP contribution in [0.5, 0.6) is 0 Å². The summed E-state index contributed by atoms with van der Waals surface area (Å²) in [6, 6.07) is 24.9. The highest BCUT2D eigenvalue weighted by atomic mass is 17.2. The molecule has 2 heterocycles. The number of fused-ring (bicyclic) bond motifs is 6. The Morgan fingerprint density at radius 1 is 0.731 bits per heavy atom. The predicted octanol–water partition coefficient (Wildman–Crippen LogP) is 7.88. The molecule has 0 spiro atoms. The second-order valence-electron chi connectivity index (χ2n) is 14.5. The Hall–Kier alpha value is -4.93. The average Bonchev–Trinajstić information content (AvgIpc) is 3.59. The van der Waals surface area contributed by atoms with E-state index in [1.54, 1.807) is 12.2 Å². The van der Waals surface area contributed by atoms with E-state index in [2.05, 4.69) is 85.7 Å². The first kappa shape index (κ1) is 35.5. The molecule has 52 heavy (non-hydrogen) atoms. The van der Waals surface area contributed by atoms with Gasteiger partial charge < -0.3 is 10.0 Å². The summed E-state index contributed by atoms with van der Waals surface area (Å²) in [6.07, 6.45) is 4.71. The number of carbonyl (C=O) groups excluding carboxylic acids is 2. The van der Waals surface area contributed by atoms with Gasteiger partial charge >= 0.3 is 0 Å². The van der Waals surface area contributed by atoms with Crippen LogP contribution in [0.2, 0.25) is 0 Å². The highest BCUT2D eigenvalue weighted by molar-refractivity contribution is 6.54. The van der Waals surface area contributed by atoms with E-state index in [0.29, 0.717) is 39.1 Å². The molecule has 0 amide bonds. The van der Waals surface area contributed by atoms with E-state index >= 15 is 0 Å². The van der Waals surface area contributed by atoms with Crippen molar-refractivity contribution in [1.82, 2.24) is 0 Å². The number of Topliss-reactive ketones (excluding diaryl/α,β-unsaturated/α-hetero) is 2. The molecule has 1 N–H and O–H groups in total. The zero-order valence-corrected chi connectivity index (χ0v) is 30.6. The lowest BCUT2D eigenvalue weighted by atomic mass is 9.80. The van der Waals surface area contributed by atoms with Crippen LogP contribution in [0.4, 0.5) is 11.4 Å². The van der Waals surface area contributed by atoms with E-state index in [0.717, 1.165) is 55.5 Å². The van der Waals surface area contributed by atoms with Gasteiger partial charge in [-0.25, -0.2) is 19.6 Å². The van der Waals surface area contributed by atoms with Crippen molar-refractivity contribution in [3.63, 3.8) is 0 Å². The third kappa shape index (κ3) is 5.78. The lowest BCUT2D eigenvalue weighted by Gasteiger charge is -2.27. The SMILES string of the molecule is COOCCCN1/C(=C\C2=C(O)C(=C/C3=[N+](CCCOOC)c4c(ccc5ccccc45)C3(C)C)/C(=O)C2=O)C(C)(C)c2ccc3ccccc3c21. The van der Waals surface area contributed by atoms with Gasteiger partial charge in [-0.2, -0.15) is 4.58 Å². The summed E-state index contributed by atoms with van der Waals surface area (Å²) in [5.41, 5.74) is 4.80. The van der Waals surface area contributed by atoms with Crippen molar-refractivity contribution in [3.05, 3.63) is 119 Å². The summed E-state index contributed by atoms with van der Waals surface area (Å²) in [7, 11) is 2.97. The molecule has 9 nitrogen and oxygen atoms in total. The number of ketones is 2. The van der Waals surface area contributed by atoms with E-state index in [9.17, 15) is 14.7 Å². The molecule has 0 unspecified atom stereocenters. The number of aliphatic hydroxyl groups excluding tert-OH is 1. The average molecular weight is 702 g/mol. The molecule has 0 radical (unpaired) electrons. The minimum atomic E-state index is -0.727. The number of nitrogens with zero attached hydrogens (tertiary/aromatic N) is 2. The molecule has 3 aliphatic rings. The highest BCUT2D eigenvalue weighted by Crippen LogP contribution is 2.52. The first-order chi connectivity index (χ1) is 25.0. The summed E-state index contributed by atoms with van der Waals surface area (Å²) in [6.45, 7) is 10.3. The second kappa shape index (κ2) is 13.9. The fourth-order valence-corrected chi connectivity index (χ4v) is 8.15. The van der Waals surface area contributed by atoms with Gasteiger partial charge in [0, 0.05) is 41.1 Å². The highest BCUT2D eigenvalue weighted by Gasteiger charge is 2.48. The Labute approximate surface area is 303 Å². The van der Waals surface area contributed by atoms with Crippen LogP contribution in [0.15, 0.2) is 108 Å². The maximum Gasteiger partial charge on any atom is 0.237 e. The van der Waals surface area contributed by atoms with Crippen molar-refractivity contribution in [2.75, 3.05) is 45.4 Å². The van der Waals surface area contributed by atoms with Gasteiger partial charge in [-0.1, -0.05) is 80.6 Å². The fraction of sp³-hybridized carbons (Fsp3) is 0.326. The molecule has 0 saturated carbocycles. The Balaban J connectivity index is 1.37. The van der Waals surface area contributed by atoms with Crippen LogP contribution in [-0.4, -0.2) is 67.5 Å². The van der Waals surface area contributed by atoms with Crippen LogP contribution >= 0.6 is 0 Å². The summed E-state index contributed by atoms with van der Waals surface area (Å²) in [5.74, 6) is -1.77. The van der Waals surface area contributed by atoms with Crippen molar-refractivity contribution < 1.29 is 38.8 Å². The monoisotopic (exact) mass is 701 g/mol. The lowest BCUT2D eigenvalue weighted by Crippen LogP contribution is -2.29. The normalized spacial score (nSPS) is 19.3. The minimum Gasteiger partial charge on any atom is -0.506 e. The molecule has 7 rings (SSSR count). The zero-order valence-electron chi connectivity index (χ0n) is 30.6. The van der Waals surface area contributed by atoms with E-state index in [4.69, 9.17) is 19.6 Å². The number of carbonyl (C=O) groups is 2. The predicted molar refractivity (Wildman–Crippen MR) is 202 cm³/mol. The molecule has 0 bridgehead atoms. The van der Waals surface area contributed by atoms with Crippen LogP contribution in [0, 0.1) is 0 Å². The topological polar surface area (TPSA) is 97.5 Å². The van der Waals surface area contributed by atoms with Gasteiger partial charge in [-0.05, 0) is 48.7 Å². The number of benzene rings is 4. The van der Waals surface area contributed by atoms with Crippen molar-refractivity contribution in [3.8, 4) is 0 Å². The molecule has 4 aromatic rings. The van der Waals surface area contributed by atoms with E-state index in [-0.39, 0.29) is 16.9 Å². The molecule has 268 valence electrons. The van der Waals surface area contributed by atoms with Gasteiger partial charge in [0.25, 0.3) is 0 Å². The van der Waals surface area contributed by atoms with Crippen LogP contribution in [0.3, 0.4) is 0 Å². The smallest absolute Gasteiger partial charge is 0.237 e. The van der Waals surface area contributed by atoms with E-state index in [1.165, 1.54) is 14.2 Å². The van der Waals surface area contributed by atoms with Crippen LogP contribution in [0.25, 0.3) is 21.5 Å². The number of allylic oxidation sites excluding steroid dienone is 5. The molecule has 4 aromatic carbocycles. The maximum atomic E-state index is 13.9. The molecule has 9 heteroatoms. The van der Waals surface area contributed by atoms with E-state index < -0.39 is 22.4 Å². The molecule has 0 fully saturated rings. The van der Waals surface area contributed by atoms with Gasteiger partial charge in [-0.15, -0.1) is 0 Å². The Kier molecular flexibility index (Phi) is 9.48. The minimum absolute atomic E-state index is 0.00557. The Bertz CT molecular complexity index is 2240. The van der Waals surface area contributed by atoms with Gasteiger partial charge in [0.1, 0.15) is 5.76 Å². The molecular formula is C43H45N2O7+. The van der Waals surface area contributed by atoms with Gasteiger partial charge in [0.2, 0.25) is 17.3 Å². The van der Waals surface area contributed by atoms with Crippen LogP contribution in [-0.2, 0) is 40.0 Å². The van der Waals surface area contributed by atoms with Gasteiger partial charge in [0.05, 0.1) is 55.1 Å². The van der Waals surface area contributed by atoms with E-state index in [1.807, 2.05) is 24.3 Å². The van der Waals surface area contributed by atoms with Gasteiger partial charge in [0.15, 0.2) is 12.3 Å².